The molecule has 0 aliphatic heterocycles. The fraction of sp³-hybridized carbons (Fsp3) is 0.250. The van der Waals surface area contributed by atoms with Crippen LogP contribution in [0, 0.1) is 17.1 Å². The highest BCUT2D eigenvalue weighted by molar-refractivity contribution is 6.14. The van der Waals surface area contributed by atoms with Crippen LogP contribution in [0.3, 0.4) is 0 Å². The molecule has 0 saturated heterocycles. The van der Waals surface area contributed by atoms with Crippen LogP contribution in [0.1, 0.15) is 47.3 Å². The zero-order valence-electron chi connectivity index (χ0n) is 18.4. The third kappa shape index (κ3) is 5.18. The van der Waals surface area contributed by atoms with Gasteiger partial charge in [0.25, 0.3) is 5.91 Å². The molecule has 3 aromatic rings. The number of halogens is 1. The number of benzene rings is 2. The summed E-state index contributed by atoms with van der Waals surface area (Å²) in [7, 11) is 1.72. The topological polar surface area (TPSA) is 131 Å². The predicted molar refractivity (Wildman–Crippen MR) is 121 cm³/mol. The summed E-state index contributed by atoms with van der Waals surface area (Å²) in [6, 6.07) is 8.83. The van der Waals surface area contributed by atoms with Gasteiger partial charge in [0.2, 0.25) is 0 Å². The number of hydrogen-bond acceptors (Lipinski definition) is 4. The fourth-order valence-corrected chi connectivity index (χ4v) is 3.57. The smallest absolute Gasteiger partial charge is 0.303 e. The first-order valence-electron chi connectivity index (χ1n) is 10.2. The standard InChI is InChI=1S/C24H23FN4O4/c1-13(2)33-20-6-4-14(8-16(20)11-26)24(32)28-23(27)19-10-17(25)9-18-15(5-7-21(30)31)12-29(3)22(18)19/h4,6,8-10,12-13H,5,7H2,1-3H3,(H,30,31)(H2,27,28,32). The van der Waals surface area contributed by atoms with Gasteiger partial charge in [0.1, 0.15) is 23.5 Å². The monoisotopic (exact) mass is 450 g/mol. The predicted octanol–water partition coefficient (Wildman–Crippen LogP) is 3.54. The number of aliphatic imine (C=N–C) groups is 1. The van der Waals surface area contributed by atoms with E-state index in [9.17, 15) is 19.2 Å². The van der Waals surface area contributed by atoms with Gasteiger partial charge in [-0.15, -0.1) is 0 Å². The molecular weight excluding hydrogens is 427 g/mol. The van der Waals surface area contributed by atoms with Crippen LogP contribution in [0.4, 0.5) is 4.39 Å². The molecule has 2 aromatic carbocycles. The molecule has 0 saturated carbocycles. The summed E-state index contributed by atoms with van der Waals surface area (Å²) in [5, 5.41) is 18.8. The zero-order chi connectivity index (χ0) is 24.3. The molecule has 1 aromatic heterocycles. The first kappa shape index (κ1) is 23.5. The van der Waals surface area contributed by atoms with Gasteiger partial charge in [-0.1, -0.05) is 0 Å². The van der Waals surface area contributed by atoms with Crippen molar-refractivity contribution in [3.8, 4) is 11.8 Å². The third-order valence-corrected chi connectivity index (χ3v) is 4.94. The second-order valence-corrected chi connectivity index (χ2v) is 7.80. The molecule has 33 heavy (non-hydrogen) atoms. The SMILES string of the molecule is CC(C)Oc1ccc(C(=O)N=C(N)c2cc(F)cc3c(CCC(=O)O)cn(C)c23)cc1C#N. The van der Waals surface area contributed by atoms with Crippen molar-refractivity contribution in [2.24, 2.45) is 17.8 Å². The van der Waals surface area contributed by atoms with Crippen LogP contribution in [0.2, 0.25) is 0 Å². The van der Waals surface area contributed by atoms with Crippen LogP contribution in [-0.2, 0) is 18.3 Å². The maximum atomic E-state index is 14.4. The molecule has 3 rings (SSSR count). The molecule has 0 unspecified atom stereocenters. The molecular formula is C24H23FN4O4. The highest BCUT2D eigenvalue weighted by atomic mass is 19.1. The van der Waals surface area contributed by atoms with E-state index in [2.05, 4.69) is 4.99 Å². The zero-order valence-corrected chi connectivity index (χ0v) is 18.4. The van der Waals surface area contributed by atoms with Crippen LogP contribution in [0.15, 0.2) is 41.5 Å². The van der Waals surface area contributed by atoms with Crippen molar-refractivity contribution in [1.82, 2.24) is 4.57 Å². The van der Waals surface area contributed by atoms with Crippen molar-refractivity contribution in [2.75, 3.05) is 0 Å². The molecule has 0 spiro atoms. The molecule has 0 aliphatic rings. The van der Waals surface area contributed by atoms with E-state index in [0.717, 1.165) is 0 Å². The van der Waals surface area contributed by atoms with E-state index in [1.807, 2.05) is 19.9 Å². The normalized spacial score (nSPS) is 11.6. The maximum Gasteiger partial charge on any atom is 0.303 e. The van der Waals surface area contributed by atoms with Gasteiger partial charge in [0.15, 0.2) is 0 Å². The number of fused-ring (bicyclic) bond motifs is 1. The number of amides is 1. The molecule has 0 atom stereocenters. The fourth-order valence-electron chi connectivity index (χ4n) is 3.57. The number of ether oxygens (including phenoxy) is 1. The first-order chi connectivity index (χ1) is 15.6. The first-order valence-corrected chi connectivity index (χ1v) is 10.2. The summed E-state index contributed by atoms with van der Waals surface area (Å²) in [4.78, 5) is 27.6. The summed E-state index contributed by atoms with van der Waals surface area (Å²) in [5.74, 6) is -2.09. The second kappa shape index (κ2) is 9.53. The number of nitrogens with zero attached hydrogens (tertiary/aromatic N) is 3. The number of carbonyl (C=O) groups is 2. The van der Waals surface area contributed by atoms with Gasteiger partial charge in [-0.05, 0) is 56.2 Å². The van der Waals surface area contributed by atoms with Gasteiger partial charge in [-0.2, -0.15) is 10.3 Å². The van der Waals surface area contributed by atoms with Crippen molar-refractivity contribution in [2.45, 2.75) is 32.8 Å². The molecule has 0 radical (unpaired) electrons. The minimum absolute atomic E-state index is 0.106. The van der Waals surface area contributed by atoms with Gasteiger partial charge in [-0.3, -0.25) is 9.59 Å². The van der Waals surface area contributed by atoms with Crippen LogP contribution < -0.4 is 10.5 Å². The van der Waals surface area contributed by atoms with Crippen LogP contribution in [0.25, 0.3) is 10.9 Å². The minimum atomic E-state index is -0.961. The number of nitrogens with two attached hydrogens (primary N) is 1. The number of nitriles is 1. The number of hydrogen-bond donors (Lipinski definition) is 2. The average molecular weight is 450 g/mol. The molecule has 0 fully saturated rings. The Morgan fingerprint density at radius 3 is 2.67 bits per heavy atom. The minimum Gasteiger partial charge on any atom is -0.490 e. The Kier molecular flexibility index (Phi) is 6.78. The maximum absolute atomic E-state index is 14.4. The highest BCUT2D eigenvalue weighted by Gasteiger charge is 2.18. The van der Waals surface area contributed by atoms with Crippen LogP contribution in [0.5, 0.6) is 5.75 Å². The quantitative estimate of drug-likeness (QED) is 0.418. The van der Waals surface area contributed by atoms with Gasteiger partial charge < -0.3 is 20.1 Å². The Morgan fingerprint density at radius 2 is 2.03 bits per heavy atom. The van der Waals surface area contributed by atoms with E-state index in [4.69, 9.17) is 15.6 Å². The molecule has 3 N–H and O–H groups in total. The van der Waals surface area contributed by atoms with Crippen molar-refractivity contribution >= 4 is 28.6 Å². The molecule has 1 heterocycles. The second-order valence-electron chi connectivity index (χ2n) is 7.80. The van der Waals surface area contributed by atoms with Crippen LogP contribution >= 0.6 is 0 Å². The van der Waals surface area contributed by atoms with Crippen molar-refractivity contribution < 1.29 is 23.8 Å². The van der Waals surface area contributed by atoms with Crippen molar-refractivity contribution in [3.63, 3.8) is 0 Å². The van der Waals surface area contributed by atoms with Crippen LogP contribution in [-0.4, -0.2) is 33.5 Å². The summed E-state index contributed by atoms with van der Waals surface area (Å²) < 4.78 is 21.6. The van der Waals surface area contributed by atoms with Crippen molar-refractivity contribution in [3.05, 3.63) is 64.6 Å². The lowest BCUT2D eigenvalue weighted by Crippen LogP contribution is -2.17. The lowest BCUT2D eigenvalue weighted by Gasteiger charge is -2.11. The van der Waals surface area contributed by atoms with Gasteiger partial charge in [0.05, 0.1) is 17.2 Å². The number of aryl methyl sites for hydroxylation is 2. The average Bonchev–Trinajstić information content (AvgIpc) is 3.06. The Morgan fingerprint density at radius 1 is 1.30 bits per heavy atom. The van der Waals surface area contributed by atoms with E-state index in [1.165, 1.54) is 30.3 Å². The number of carbonyl (C=O) groups excluding carboxylic acids is 1. The Hall–Kier alpha value is -4.19. The molecule has 8 nitrogen and oxygen atoms in total. The van der Waals surface area contributed by atoms with Gasteiger partial charge in [-0.25, -0.2) is 4.39 Å². The van der Waals surface area contributed by atoms with E-state index >= 15 is 0 Å². The van der Waals surface area contributed by atoms with E-state index < -0.39 is 17.7 Å². The van der Waals surface area contributed by atoms with E-state index in [-0.39, 0.29) is 41.5 Å². The molecule has 9 heteroatoms. The number of carboxylic acid groups (broad SMARTS) is 1. The third-order valence-electron chi connectivity index (χ3n) is 4.94. The van der Waals surface area contributed by atoms with E-state index in [1.54, 1.807) is 17.8 Å². The lowest BCUT2D eigenvalue weighted by molar-refractivity contribution is -0.136. The lowest BCUT2D eigenvalue weighted by atomic mass is 10.0. The summed E-state index contributed by atoms with van der Waals surface area (Å²) >= 11 is 0. The number of carboxylic acids is 1. The molecule has 170 valence electrons. The Bertz CT molecular complexity index is 1320. The summed E-state index contributed by atoms with van der Waals surface area (Å²) in [6.07, 6.45) is 1.67. The largest absolute Gasteiger partial charge is 0.490 e. The summed E-state index contributed by atoms with van der Waals surface area (Å²) in [6.45, 7) is 3.64. The molecule has 0 bridgehead atoms. The summed E-state index contributed by atoms with van der Waals surface area (Å²) in [5.41, 5.74) is 7.80. The molecule has 0 aliphatic carbocycles. The number of rotatable bonds is 7. The number of amidine groups is 1. The van der Waals surface area contributed by atoms with E-state index in [0.29, 0.717) is 22.2 Å². The number of aromatic nitrogens is 1. The Balaban J connectivity index is 2.01. The van der Waals surface area contributed by atoms with Gasteiger partial charge >= 0.3 is 5.97 Å². The number of aliphatic carboxylic acids is 1. The molecule has 1 amide bonds. The van der Waals surface area contributed by atoms with Gasteiger partial charge in [0, 0.05) is 36.2 Å². The highest BCUT2D eigenvalue weighted by Crippen LogP contribution is 2.27. The Labute approximate surface area is 189 Å². The van der Waals surface area contributed by atoms with Crippen molar-refractivity contribution in [1.29, 1.82) is 5.26 Å².